The monoisotopic (exact) mass is 289 g/mol. The number of ether oxygens (including phenoxy) is 1. The van der Waals surface area contributed by atoms with Crippen LogP contribution in [0.15, 0.2) is 24.3 Å². The Kier molecular flexibility index (Phi) is 6.72. The predicted octanol–water partition coefficient (Wildman–Crippen LogP) is 4.63. The highest BCUT2D eigenvalue weighted by Gasteiger charge is 2.27. The van der Waals surface area contributed by atoms with E-state index in [1.54, 1.807) is 0 Å². The van der Waals surface area contributed by atoms with E-state index < -0.39 is 0 Å². The molecule has 1 saturated carbocycles. The molecule has 118 valence electrons. The van der Waals surface area contributed by atoms with E-state index in [2.05, 4.69) is 50.4 Å². The maximum atomic E-state index is 6.56. The molecule has 21 heavy (non-hydrogen) atoms. The SMILES string of the molecule is CCNCC(OC1CCCCC1CC)c1ccc(C)cc1. The molecule has 0 aliphatic heterocycles. The summed E-state index contributed by atoms with van der Waals surface area (Å²) in [4.78, 5) is 0. The quantitative estimate of drug-likeness (QED) is 0.790. The summed E-state index contributed by atoms with van der Waals surface area (Å²) in [5.74, 6) is 0.744. The smallest absolute Gasteiger partial charge is 0.0953 e. The maximum Gasteiger partial charge on any atom is 0.0953 e. The Bertz CT molecular complexity index is 401. The van der Waals surface area contributed by atoms with Gasteiger partial charge in [-0.1, -0.05) is 62.9 Å². The van der Waals surface area contributed by atoms with E-state index in [0.29, 0.717) is 6.10 Å². The Labute approximate surface area is 130 Å². The minimum absolute atomic E-state index is 0.183. The molecule has 1 aliphatic rings. The van der Waals surface area contributed by atoms with E-state index in [-0.39, 0.29) is 6.10 Å². The van der Waals surface area contributed by atoms with Crippen molar-refractivity contribution >= 4 is 0 Å². The number of hydrogen-bond acceptors (Lipinski definition) is 2. The molecule has 3 unspecified atom stereocenters. The van der Waals surface area contributed by atoms with Crippen molar-refractivity contribution in [2.24, 2.45) is 5.92 Å². The molecule has 2 nitrogen and oxygen atoms in total. The van der Waals surface area contributed by atoms with Crippen LogP contribution in [0.4, 0.5) is 0 Å². The van der Waals surface area contributed by atoms with Crippen molar-refractivity contribution in [3.63, 3.8) is 0 Å². The molecule has 2 heteroatoms. The van der Waals surface area contributed by atoms with Crippen molar-refractivity contribution < 1.29 is 4.74 Å². The van der Waals surface area contributed by atoms with Gasteiger partial charge in [0, 0.05) is 6.54 Å². The average Bonchev–Trinajstić information content (AvgIpc) is 2.52. The molecule has 1 aromatic carbocycles. The lowest BCUT2D eigenvalue weighted by molar-refractivity contribution is -0.0614. The van der Waals surface area contributed by atoms with E-state index in [1.807, 2.05) is 0 Å². The predicted molar refractivity (Wildman–Crippen MR) is 89.6 cm³/mol. The zero-order valence-corrected chi connectivity index (χ0v) is 13.9. The van der Waals surface area contributed by atoms with E-state index in [0.717, 1.165) is 19.0 Å². The lowest BCUT2D eigenvalue weighted by atomic mass is 9.84. The molecule has 0 radical (unpaired) electrons. The summed E-state index contributed by atoms with van der Waals surface area (Å²) in [6, 6.07) is 8.83. The van der Waals surface area contributed by atoms with E-state index in [9.17, 15) is 0 Å². The van der Waals surface area contributed by atoms with Gasteiger partial charge in [-0.2, -0.15) is 0 Å². The lowest BCUT2D eigenvalue weighted by Gasteiger charge is -2.34. The number of nitrogens with one attached hydrogen (secondary N) is 1. The zero-order valence-electron chi connectivity index (χ0n) is 13.9. The second kappa shape index (κ2) is 8.55. The van der Waals surface area contributed by atoms with Crippen LogP contribution in [-0.2, 0) is 4.74 Å². The van der Waals surface area contributed by atoms with Crippen molar-refractivity contribution in [2.45, 2.75) is 65.1 Å². The molecule has 2 rings (SSSR count). The highest BCUT2D eigenvalue weighted by molar-refractivity contribution is 5.23. The fourth-order valence-electron chi connectivity index (χ4n) is 3.33. The highest BCUT2D eigenvalue weighted by Crippen LogP contribution is 2.32. The first kappa shape index (κ1) is 16.5. The molecule has 1 N–H and O–H groups in total. The van der Waals surface area contributed by atoms with Gasteiger partial charge in [-0.25, -0.2) is 0 Å². The standard InChI is InChI=1S/C19H31NO/c1-4-16-8-6-7-9-18(16)21-19(14-20-5-2)17-12-10-15(3)11-13-17/h10-13,16,18-20H,4-9,14H2,1-3H3. The molecular weight excluding hydrogens is 258 g/mol. The van der Waals surface area contributed by atoms with Crippen molar-refractivity contribution in [1.82, 2.24) is 5.32 Å². The van der Waals surface area contributed by atoms with Gasteiger partial charge in [0.15, 0.2) is 0 Å². The molecule has 3 atom stereocenters. The third-order valence-corrected chi connectivity index (χ3v) is 4.73. The number of rotatable bonds is 7. The Morgan fingerprint density at radius 2 is 1.86 bits per heavy atom. The summed E-state index contributed by atoms with van der Waals surface area (Å²) in [7, 11) is 0. The molecule has 0 saturated heterocycles. The van der Waals surface area contributed by atoms with Gasteiger partial charge in [0.2, 0.25) is 0 Å². The van der Waals surface area contributed by atoms with Gasteiger partial charge < -0.3 is 10.1 Å². The Morgan fingerprint density at radius 1 is 1.14 bits per heavy atom. The minimum Gasteiger partial charge on any atom is -0.369 e. The topological polar surface area (TPSA) is 21.3 Å². The van der Waals surface area contributed by atoms with E-state index in [1.165, 1.54) is 43.2 Å². The van der Waals surface area contributed by atoms with Crippen LogP contribution in [0.3, 0.4) is 0 Å². The fourth-order valence-corrected chi connectivity index (χ4v) is 3.33. The molecule has 0 amide bonds. The van der Waals surface area contributed by atoms with Crippen LogP contribution >= 0.6 is 0 Å². The van der Waals surface area contributed by atoms with Crippen molar-refractivity contribution in [2.75, 3.05) is 13.1 Å². The third kappa shape index (κ3) is 4.82. The molecule has 0 bridgehead atoms. The molecule has 0 heterocycles. The minimum atomic E-state index is 0.183. The molecule has 0 aromatic heterocycles. The Balaban J connectivity index is 2.06. The van der Waals surface area contributed by atoms with Gasteiger partial charge in [-0.15, -0.1) is 0 Å². The van der Waals surface area contributed by atoms with Crippen LogP contribution in [-0.4, -0.2) is 19.2 Å². The van der Waals surface area contributed by atoms with Crippen molar-refractivity contribution in [3.05, 3.63) is 35.4 Å². The number of benzene rings is 1. The van der Waals surface area contributed by atoms with Crippen molar-refractivity contribution in [3.8, 4) is 0 Å². The maximum absolute atomic E-state index is 6.56. The largest absolute Gasteiger partial charge is 0.369 e. The normalized spacial score (nSPS) is 24.0. The average molecular weight is 289 g/mol. The fraction of sp³-hybridized carbons (Fsp3) is 0.684. The molecule has 0 spiro atoms. The van der Waals surface area contributed by atoms with Crippen LogP contribution in [0.1, 0.15) is 63.2 Å². The Morgan fingerprint density at radius 3 is 2.52 bits per heavy atom. The van der Waals surface area contributed by atoms with E-state index >= 15 is 0 Å². The molecule has 1 aliphatic carbocycles. The van der Waals surface area contributed by atoms with Crippen LogP contribution in [0.5, 0.6) is 0 Å². The van der Waals surface area contributed by atoms with Crippen LogP contribution < -0.4 is 5.32 Å². The van der Waals surface area contributed by atoms with Gasteiger partial charge >= 0.3 is 0 Å². The second-order valence-corrected chi connectivity index (χ2v) is 6.33. The first-order chi connectivity index (χ1) is 10.2. The van der Waals surface area contributed by atoms with Crippen LogP contribution in [0.25, 0.3) is 0 Å². The summed E-state index contributed by atoms with van der Waals surface area (Å²) >= 11 is 0. The molecule has 1 aromatic rings. The Hall–Kier alpha value is -0.860. The van der Waals surface area contributed by atoms with Crippen LogP contribution in [0, 0.1) is 12.8 Å². The third-order valence-electron chi connectivity index (χ3n) is 4.73. The number of hydrogen-bond donors (Lipinski definition) is 1. The molecular formula is C19H31NO. The number of aryl methyl sites for hydroxylation is 1. The highest BCUT2D eigenvalue weighted by atomic mass is 16.5. The van der Waals surface area contributed by atoms with Gasteiger partial charge in [0.1, 0.15) is 0 Å². The lowest BCUT2D eigenvalue weighted by Crippen LogP contribution is -2.32. The first-order valence-electron chi connectivity index (χ1n) is 8.67. The van der Waals surface area contributed by atoms with Gasteiger partial charge in [-0.3, -0.25) is 0 Å². The number of likely N-dealkylation sites (N-methyl/N-ethyl adjacent to an activating group) is 1. The summed E-state index contributed by atoms with van der Waals surface area (Å²) in [6.45, 7) is 8.50. The second-order valence-electron chi connectivity index (χ2n) is 6.33. The van der Waals surface area contributed by atoms with Crippen molar-refractivity contribution in [1.29, 1.82) is 0 Å². The summed E-state index contributed by atoms with van der Waals surface area (Å²) in [5, 5.41) is 3.46. The van der Waals surface area contributed by atoms with Gasteiger partial charge in [0.25, 0.3) is 0 Å². The van der Waals surface area contributed by atoms with Crippen LogP contribution in [0.2, 0.25) is 0 Å². The first-order valence-corrected chi connectivity index (χ1v) is 8.67. The van der Waals surface area contributed by atoms with E-state index in [4.69, 9.17) is 4.74 Å². The summed E-state index contributed by atoms with van der Waals surface area (Å²) < 4.78 is 6.56. The zero-order chi connectivity index (χ0) is 15.1. The van der Waals surface area contributed by atoms with Gasteiger partial charge in [0.05, 0.1) is 12.2 Å². The molecule has 1 fully saturated rings. The van der Waals surface area contributed by atoms with Gasteiger partial charge in [-0.05, 0) is 37.8 Å². The summed E-state index contributed by atoms with van der Waals surface area (Å²) in [6.07, 6.45) is 7.13. The summed E-state index contributed by atoms with van der Waals surface area (Å²) in [5.41, 5.74) is 2.62.